The van der Waals surface area contributed by atoms with Crippen LogP contribution >= 0.6 is 0 Å². The molecule has 1 heterocycles. The molecule has 0 saturated carbocycles. The standard InChI is InChI=1S/C10H17NO2/c1-2-3-10(13)8-11-6-4-9(12)5-7-11/h2-8H2,1H3. The summed E-state index contributed by atoms with van der Waals surface area (Å²) < 4.78 is 0. The molecule has 0 amide bonds. The maximum atomic E-state index is 11.3. The molecule has 0 bridgehead atoms. The van der Waals surface area contributed by atoms with E-state index >= 15 is 0 Å². The van der Waals surface area contributed by atoms with Crippen LogP contribution in [0.4, 0.5) is 0 Å². The lowest BCUT2D eigenvalue weighted by molar-refractivity contribution is -0.125. The van der Waals surface area contributed by atoms with Crippen molar-refractivity contribution in [2.75, 3.05) is 19.6 Å². The number of likely N-dealkylation sites (tertiary alicyclic amines) is 1. The van der Waals surface area contributed by atoms with Crippen molar-refractivity contribution < 1.29 is 9.59 Å². The van der Waals surface area contributed by atoms with E-state index < -0.39 is 0 Å². The molecular weight excluding hydrogens is 166 g/mol. The van der Waals surface area contributed by atoms with Crippen LogP contribution in [0.2, 0.25) is 0 Å². The van der Waals surface area contributed by atoms with Gasteiger partial charge in [-0.05, 0) is 6.42 Å². The van der Waals surface area contributed by atoms with Gasteiger partial charge < -0.3 is 0 Å². The molecule has 13 heavy (non-hydrogen) atoms. The highest BCUT2D eigenvalue weighted by Gasteiger charge is 2.17. The fraction of sp³-hybridized carbons (Fsp3) is 0.800. The highest BCUT2D eigenvalue weighted by Crippen LogP contribution is 2.05. The van der Waals surface area contributed by atoms with Crippen LogP contribution in [0.3, 0.4) is 0 Å². The number of Topliss-reactive ketones (excluding diaryl/α,β-unsaturated/α-hetero) is 2. The molecule has 0 unspecified atom stereocenters. The van der Waals surface area contributed by atoms with Gasteiger partial charge in [0, 0.05) is 32.4 Å². The summed E-state index contributed by atoms with van der Waals surface area (Å²) in [7, 11) is 0. The second-order valence-electron chi connectivity index (χ2n) is 3.60. The SMILES string of the molecule is CCCC(=O)CN1CCC(=O)CC1. The number of nitrogens with zero attached hydrogens (tertiary/aromatic N) is 1. The van der Waals surface area contributed by atoms with Gasteiger partial charge in [0.15, 0.2) is 0 Å². The van der Waals surface area contributed by atoms with Crippen LogP contribution in [0.5, 0.6) is 0 Å². The zero-order chi connectivity index (χ0) is 9.68. The molecule has 0 radical (unpaired) electrons. The van der Waals surface area contributed by atoms with E-state index in [9.17, 15) is 9.59 Å². The molecule has 1 aliphatic heterocycles. The third-order valence-corrected chi connectivity index (χ3v) is 2.34. The Balaban J connectivity index is 2.22. The zero-order valence-corrected chi connectivity index (χ0v) is 8.21. The average molecular weight is 183 g/mol. The molecule has 0 aromatic rings. The Morgan fingerprint density at radius 1 is 1.38 bits per heavy atom. The number of hydrogen-bond donors (Lipinski definition) is 0. The molecule has 3 nitrogen and oxygen atoms in total. The molecule has 1 rings (SSSR count). The van der Waals surface area contributed by atoms with Crippen LogP contribution in [0, 0.1) is 0 Å². The first kappa shape index (κ1) is 10.4. The molecule has 0 spiro atoms. The second kappa shape index (κ2) is 5.12. The highest BCUT2D eigenvalue weighted by atomic mass is 16.1. The van der Waals surface area contributed by atoms with Crippen molar-refractivity contribution in [3.8, 4) is 0 Å². The third kappa shape index (κ3) is 3.68. The van der Waals surface area contributed by atoms with Gasteiger partial charge in [0.1, 0.15) is 11.6 Å². The van der Waals surface area contributed by atoms with Crippen LogP contribution in [0.1, 0.15) is 32.6 Å². The predicted molar refractivity (Wildman–Crippen MR) is 50.6 cm³/mol. The number of piperidine rings is 1. The first-order valence-corrected chi connectivity index (χ1v) is 4.98. The third-order valence-electron chi connectivity index (χ3n) is 2.34. The van der Waals surface area contributed by atoms with E-state index in [2.05, 4.69) is 4.90 Å². The summed E-state index contributed by atoms with van der Waals surface area (Å²) in [6.45, 7) is 4.10. The Morgan fingerprint density at radius 2 is 2.00 bits per heavy atom. The van der Waals surface area contributed by atoms with E-state index in [1.165, 1.54) is 0 Å². The fourth-order valence-corrected chi connectivity index (χ4v) is 1.57. The van der Waals surface area contributed by atoms with E-state index in [0.717, 1.165) is 19.5 Å². The molecule has 0 N–H and O–H groups in total. The van der Waals surface area contributed by atoms with Crippen molar-refractivity contribution in [2.45, 2.75) is 32.6 Å². The molecule has 0 aromatic carbocycles. The Kier molecular flexibility index (Phi) is 4.09. The van der Waals surface area contributed by atoms with Crippen LogP contribution in [0.15, 0.2) is 0 Å². The number of hydrogen-bond acceptors (Lipinski definition) is 3. The topological polar surface area (TPSA) is 37.4 Å². The van der Waals surface area contributed by atoms with Gasteiger partial charge in [-0.1, -0.05) is 6.92 Å². The fourth-order valence-electron chi connectivity index (χ4n) is 1.57. The van der Waals surface area contributed by atoms with Gasteiger partial charge in [-0.15, -0.1) is 0 Å². The van der Waals surface area contributed by atoms with Crippen molar-refractivity contribution in [1.29, 1.82) is 0 Å². The summed E-state index contributed by atoms with van der Waals surface area (Å²) in [4.78, 5) is 24.3. The molecule has 1 aliphatic rings. The van der Waals surface area contributed by atoms with Gasteiger partial charge in [0.2, 0.25) is 0 Å². The lowest BCUT2D eigenvalue weighted by atomic mass is 10.1. The van der Waals surface area contributed by atoms with Gasteiger partial charge >= 0.3 is 0 Å². The van der Waals surface area contributed by atoms with Crippen molar-refractivity contribution in [3.63, 3.8) is 0 Å². The number of rotatable bonds is 4. The van der Waals surface area contributed by atoms with Crippen LogP contribution in [-0.2, 0) is 9.59 Å². The Morgan fingerprint density at radius 3 is 2.54 bits per heavy atom. The molecule has 0 aliphatic carbocycles. The summed E-state index contributed by atoms with van der Waals surface area (Å²) in [5.74, 6) is 0.635. The van der Waals surface area contributed by atoms with Gasteiger partial charge in [0.25, 0.3) is 0 Å². The molecular formula is C10H17NO2. The summed E-state index contributed by atoms with van der Waals surface area (Å²) >= 11 is 0. The normalized spacial score (nSPS) is 19.0. The lowest BCUT2D eigenvalue weighted by Crippen LogP contribution is -2.37. The quantitative estimate of drug-likeness (QED) is 0.653. The minimum Gasteiger partial charge on any atom is -0.300 e. The van der Waals surface area contributed by atoms with E-state index in [1.807, 2.05) is 6.92 Å². The number of ketones is 2. The Hall–Kier alpha value is -0.700. The molecule has 0 aromatic heterocycles. The Labute approximate surface area is 79.1 Å². The molecule has 3 heteroatoms. The number of carbonyl (C=O) groups excluding carboxylic acids is 2. The van der Waals surface area contributed by atoms with Gasteiger partial charge in [-0.2, -0.15) is 0 Å². The minimum absolute atomic E-state index is 0.303. The van der Waals surface area contributed by atoms with Gasteiger partial charge in [-0.25, -0.2) is 0 Å². The zero-order valence-electron chi connectivity index (χ0n) is 8.21. The van der Waals surface area contributed by atoms with Crippen LogP contribution in [0.25, 0.3) is 0 Å². The minimum atomic E-state index is 0.303. The predicted octanol–water partition coefficient (Wildman–Crippen LogP) is 1.02. The van der Waals surface area contributed by atoms with Crippen molar-refractivity contribution >= 4 is 11.6 Å². The summed E-state index contributed by atoms with van der Waals surface area (Å²) in [6.07, 6.45) is 2.84. The van der Waals surface area contributed by atoms with Gasteiger partial charge in [-0.3, -0.25) is 14.5 Å². The van der Waals surface area contributed by atoms with Crippen molar-refractivity contribution in [3.05, 3.63) is 0 Å². The maximum Gasteiger partial charge on any atom is 0.146 e. The Bertz CT molecular complexity index is 191. The van der Waals surface area contributed by atoms with E-state index in [1.54, 1.807) is 0 Å². The monoisotopic (exact) mass is 183 g/mol. The van der Waals surface area contributed by atoms with Crippen molar-refractivity contribution in [2.24, 2.45) is 0 Å². The molecule has 74 valence electrons. The van der Waals surface area contributed by atoms with E-state index in [-0.39, 0.29) is 0 Å². The van der Waals surface area contributed by atoms with E-state index in [4.69, 9.17) is 0 Å². The van der Waals surface area contributed by atoms with Crippen LogP contribution < -0.4 is 0 Å². The highest BCUT2D eigenvalue weighted by molar-refractivity contribution is 5.82. The van der Waals surface area contributed by atoms with Gasteiger partial charge in [0.05, 0.1) is 6.54 Å². The largest absolute Gasteiger partial charge is 0.300 e. The molecule has 1 saturated heterocycles. The number of carbonyl (C=O) groups is 2. The summed E-state index contributed by atoms with van der Waals surface area (Å²) in [6, 6.07) is 0. The average Bonchev–Trinajstić information content (AvgIpc) is 2.09. The van der Waals surface area contributed by atoms with Crippen LogP contribution in [-0.4, -0.2) is 36.1 Å². The maximum absolute atomic E-state index is 11.3. The first-order valence-electron chi connectivity index (χ1n) is 4.98. The summed E-state index contributed by atoms with van der Waals surface area (Å²) in [5.41, 5.74) is 0. The van der Waals surface area contributed by atoms with E-state index in [0.29, 0.717) is 37.4 Å². The first-order chi connectivity index (χ1) is 6.22. The smallest absolute Gasteiger partial charge is 0.146 e. The lowest BCUT2D eigenvalue weighted by Gasteiger charge is -2.24. The van der Waals surface area contributed by atoms with Crippen molar-refractivity contribution in [1.82, 2.24) is 4.90 Å². The second-order valence-corrected chi connectivity index (χ2v) is 3.60. The molecule has 1 fully saturated rings. The summed E-state index contributed by atoms with van der Waals surface area (Å²) in [5, 5.41) is 0. The molecule has 0 atom stereocenters.